The average molecular weight is 216 g/mol. The zero-order valence-electron chi connectivity index (χ0n) is 7.84. The molecule has 6 heteroatoms. The van der Waals surface area contributed by atoms with Crippen LogP contribution in [0.5, 0.6) is 0 Å². The van der Waals surface area contributed by atoms with E-state index in [2.05, 4.69) is 0 Å². The Balaban J connectivity index is 2.97. The second-order valence-electron chi connectivity index (χ2n) is 3.00. The molecule has 0 unspecified atom stereocenters. The fourth-order valence-electron chi connectivity index (χ4n) is 1.36. The van der Waals surface area contributed by atoms with Crippen molar-refractivity contribution in [1.29, 1.82) is 5.26 Å². The highest BCUT2D eigenvalue weighted by Gasteiger charge is 2.16. The van der Waals surface area contributed by atoms with E-state index in [9.17, 15) is 14.9 Å². The molecule has 0 radical (unpaired) electrons. The zero-order valence-corrected chi connectivity index (χ0v) is 7.84. The van der Waals surface area contributed by atoms with Crippen molar-refractivity contribution in [3.05, 3.63) is 50.4 Å². The first-order valence-corrected chi connectivity index (χ1v) is 4.25. The second kappa shape index (κ2) is 3.47. The molecular formula is C10H4N2O4. The third kappa shape index (κ3) is 1.40. The van der Waals surface area contributed by atoms with E-state index in [0.29, 0.717) is 0 Å². The molecule has 2 aromatic rings. The Morgan fingerprint density at radius 2 is 2.19 bits per heavy atom. The molecule has 0 fully saturated rings. The molecule has 0 N–H and O–H groups in total. The Kier molecular flexibility index (Phi) is 2.14. The van der Waals surface area contributed by atoms with Crippen molar-refractivity contribution < 1.29 is 9.34 Å². The normalized spacial score (nSPS) is 9.94. The van der Waals surface area contributed by atoms with Crippen LogP contribution in [0.15, 0.2) is 33.5 Å². The summed E-state index contributed by atoms with van der Waals surface area (Å²) in [6.07, 6.45) is 0. The van der Waals surface area contributed by atoms with Crippen LogP contribution in [-0.2, 0) is 0 Å². The summed E-state index contributed by atoms with van der Waals surface area (Å²) in [4.78, 5) is 21.5. The lowest BCUT2D eigenvalue weighted by Crippen LogP contribution is -2.02. The van der Waals surface area contributed by atoms with Gasteiger partial charge in [-0.3, -0.25) is 14.9 Å². The second-order valence-corrected chi connectivity index (χ2v) is 3.00. The molecule has 0 aliphatic heterocycles. The summed E-state index contributed by atoms with van der Waals surface area (Å²) >= 11 is 0. The average Bonchev–Trinajstić information content (AvgIpc) is 2.28. The van der Waals surface area contributed by atoms with Gasteiger partial charge in [-0.25, -0.2) is 0 Å². The summed E-state index contributed by atoms with van der Waals surface area (Å²) in [6.45, 7) is 0. The third-order valence-corrected chi connectivity index (χ3v) is 2.04. The first-order chi connectivity index (χ1) is 7.63. The van der Waals surface area contributed by atoms with Gasteiger partial charge in [0.2, 0.25) is 11.3 Å². The number of nitro benzene ring substituents is 1. The molecule has 16 heavy (non-hydrogen) atoms. The number of nitriles is 1. The number of hydrogen-bond acceptors (Lipinski definition) is 5. The number of para-hydroxylation sites is 1. The standard InChI is InChI=1S/C10H4N2O4/c11-5-6-4-9(13)7-2-1-3-8(12(14)15)10(7)16-6/h1-4H. The summed E-state index contributed by atoms with van der Waals surface area (Å²) in [5.74, 6) is -0.244. The van der Waals surface area contributed by atoms with Crippen molar-refractivity contribution >= 4 is 16.7 Å². The summed E-state index contributed by atoms with van der Waals surface area (Å²) in [5.41, 5.74) is -0.968. The van der Waals surface area contributed by atoms with E-state index in [-0.39, 0.29) is 22.4 Å². The van der Waals surface area contributed by atoms with Gasteiger partial charge in [-0.2, -0.15) is 5.26 Å². The molecule has 0 atom stereocenters. The van der Waals surface area contributed by atoms with Crippen molar-refractivity contribution in [2.75, 3.05) is 0 Å². The Morgan fingerprint density at radius 1 is 1.44 bits per heavy atom. The molecule has 0 saturated carbocycles. The molecule has 2 rings (SSSR count). The van der Waals surface area contributed by atoms with Crippen LogP contribution >= 0.6 is 0 Å². The third-order valence-electron chi connectivity index (χ3n) is 2.04. The molecule has 1 aromatic carbocycles. The first-order valence-electron chi connectivity index (χ1n) is 4.25. The Bertz CT molecular complexity index is 681. The summed E-state index contributed by atoms with van der Waals surface area (Å²) in [6, 6.07) is 6.66. The monoisotopic (exact) mass is 216 g/mol. The van der Waals surface area contributed by atoms with Gasteiger partial charge in [-0.15, -0.1) is 0 Å². The van der Waals surface area contributed by atoms with E-state index in [0.717, 1.165) is 6.07 Å². The van der Waals surface area contributed by atoms with E-state index in [1.807, 2.05) is 0 Å². The fourth-order valence-corrected chi connectivity index (χ4v) is 1.36. The van der Waals surface area contributed by atoms with Crippen molar-refractivity contribution in [2.24, 2.45) is 0 Å². The molecule has 0 amide bonds. The molecular weight excluding hydrogens is 212 g/mol. The van der Waals surface area contributed by atoms with Gasteiger partial charge in [0, 0.05) is 12.1 Å². The Hall–Kier alpha value is -2.68. The summed E-state index contributed by atoms with van der Waals surface area (Å²) in [7, 11) is 0. The highest BCUT2D eigenvalue weighted by molar-refractivity contribution is 5.85. The van der Waals surface area contributed by atoms with Gasteiger partial charge in [0.15, 0.2) is 5.43 Å². The maximum atomic E-state index is 11.5. The number of nitrogens with zero attached hydrogens (tertiary/aromatic N) is 2. The van der Waals surface area contributed by atoms with Crippen LogP contribution in [0, 0.1) is 21.4 Å². The summed E-state index contributed by atoms with van der Waals surface area (Å²) < 4.78 is 4.98. The molecule has 1 heterocycles. The van der Waals surface area contributed by atoms with Gasteiger partial charge in [0.05, 0.1) is 10.3 Å². The molecule has 78 valence electrons. The minimum atomic E-state index is -0.660. The minimum absolute atomic E-state index is 0.0909. The fraction of sp³-hybridized carbons (Fsp3) is 0. The maximum absolute atomic E-state index is 11.5. The Morgan fingerprint density at radius 3 is 2.81 bits per heavy atom. The van der Waals surface area contributed by atoms with Crippen LogP contribution in [0.4, 0.5) is 5.69 Å². The van der Waals surface area contributed by atoms with E-state index in [1.54, 1.807) is 6.07 Å². The minimum Gasteiger partial charge on any atom is -0.438 e. The molecule has 6 nitrogen and oxygen atoms in total. The molecule has 0 aliphatic rings. The van der Waals surface area contributed by atoms with Gasteiger partial charge < -0.3 is 4.42 Å². The van der Waals surface area contributed by atoms with Crippen LogP contribution in [0.2, 0.25) is 0 Å². The topological polar surface area (TPSA) is 97.1 Å². The SMILES string of the molecule is N#Cc1cc(=O)c2cccc([N+](=O)[O-])c2o1. The Labute approximate surface area is 88.5 Å². The largest absolute Gasteiger partial charge is 0.438 e. The molecule has 0 saturated heterocycles. The van der Waals surface area contributed by atoms with E-state index < -0.39 is 10.4 Å². The van der Waals surface area contributed by atoms with Gasteiger partial charge in [0.25, 0.3) is 0 Å². The number of non-ortho nitro benzene ring substituents is 1. The van der Waals surface area contributed by atoms with Crippen molar-refractivity contribution in [3.63, 3.8) is 0 Å². The van der Waals surface area contributed by atoms with E-state index in [4.69, 9.17) is 9.68 Å². The zero-order chi connectivity index (χ0) is 11.7. The maximum Gasteiger partial charge on any atom is 0.312 e. The summed E-state index contributed by atoms with van der Waals surface area (Å²) in [5, 5.41) is 19.4. The van der Waals surface area contributed by atoms with Crippen molar-refractivity contribution in [2.45, 2.75) is 0 Å². The predicted octanol–water partition coefficient (Wildman–Crippen LogP) is 1.57. The molecule has 0 bridgehead atoms. The molecule has 0 spiro atoms. The van der Waals surface area contributed by atoms with E-state index >= 15 is 0 Å². The van der Waals surface area contributed by atoms with Gasteiger partial charge >= 0.3 is 5.69 Å². The van der Waals surface area contributed by atoms with Crippen LogP contribution in [0.25, 0.3) is 11.0 Å². The van der Waals surface area contributed by atoms with Crippen LogP contribution in [-0.4, -0.2) is 4.92 Å². The number of rotatable bonds is 1. The van der Waals surface area contributed by atoms with Crippen molar-refractivity contribution in [3.8, 4) is 6.07 Å². The quantitative estimate of drug-likeness (QED) is 0.532. The molecule has 1 aromatic heterocycles. The lowest BCUT2D eigenvalue weighted by atomic mass is 10.2. The smallest absolute Gasteiger partial charge is 0.312 e. The van der Waals surface area contributed by atoms with Crippen LogP contribution in [0.3, 0.4) is 0 Å². The highest BCUT2D eigenvalue weighted by Crippen LogP contribution is 2.23. The number of hydrogen-bond donors (Lipinski definition) is 0. The van der Waals surface area contributed by atoms with E-state index in [1.165, 1.54) is 18.2 Å². The van der Waals surface area contributed by atoms with Crippen molar-refractivity contribution in [1.82, 2.24) is 0 Å². The number of nitro groups is 1. The molecule has 0 aliphatic carbocycles. The first kappa shape index (κ1) is 9.86. The number of benzene rings is 1. The lowest BCUT2D eigenvalue weighted by Gasteiger charge is -1.97. The van der Waals surface area contributed by atoms with Crippen LogP contribution in [0.1, 0.15) is 5.76 Å². The number of fused-ring (bicyclic) bond motifs is 1. The van der Waals surface area contributed by atoms with Gasteiger partial charge in [0.1, 0.15) is 6.07 Å². The van der Waals surface area contributed by atoms with Gasteiger partial charge in [-0.05, 0) is 6.07 Å². The van der Waals surface area contributed by atoms with Crippen LogP contribution < -0.4 is 5.43 Å². The highest BCUT2D eigenvalue weighted by atomic mass is 16.6. The lowest BCUT2D eigenvalue weighted by molar-refractivity contribution is -0.383. The predicted molar refractivity (Wildman–Crippen MR) is 53.9 cm³/mol. The van der Waals surface area contributed by atoms with Gasteiger partial charge in [-0.1, -0.05) is 6.07 Å².